The Hall–Kier alpha value is -1.67. The summed E-state index contributed by atoms with van der Waals surface area (Å²) in [7, 11) is 0. The van der Waals surface area contributed by atoms with Crippen LogP contribution >= 0.6 is 11.3 Å². The summed E-state index contributed by atoms with van der Waals surface area (Å²) >= 11 is 1.36. The second kappa shape index (κ2) is 2.43. The molecule has 0 aliphatic rings. The van der Waals surface area contributed by atoms with E-state index in [1.807, 2.05) is 6.07 Å². The van der Waals surface area contributed by atoms with Gasteiger partial charge in [0.2, 0.25) is 0 Å². The molecule has 0 aliphatic heterocycles. The summed E-state index contributed by atoms with van der Waals surface area (Å²) in [6.45, 7) is 0. The van der Waals surface area contributed by atoms with E-state index in [2.05, 4.69) is 9.97 Å². The quantitative estimate of drug-likeness (QED) is 0.653. The van der Waals surface area contributed by atoms with Crippen LogP contribution in [0.3, 0.4) is 0 Å². The van der Waals surface area contributed by atoms with E-state index in [1.54, 1.807) is 12.3 Å². The molecule has 0 fully saturated rings. The Morgan fingerprint density at radius 3 is 3.17 bits per heavy atom. The summed E-state index contributed by atoms with van der Waals surface area (Å²) in [4.78, 5) is 7.88. The summed E-state index contributed by atoms with van der Waals surface area (Å²) in [5, 5.41) is 9.05. The smallest absolute Gasteiger partial charge is 0.181 e. The monoisotopic (exact) mass is 176 g/mol. The van der Waals surface area contributed by atoms with Crippen molar-refractivity contribution in [2.45, 2.75) is 0 Å². The second-order valence-corrected chi connectivity index (χ2v) is 3.26. The average molecular weight is 176 g/mol. The standard InChI is InChI=1S/C7H4N4S/c8-2-4-1-6-5(3-10-4)11-7(9)12-6/h1,3H,(H2,9,11). The van der Waals surface area contributed by atoms with Gasteiger partial charge in [-0.1, -0.05) is 11.3 Å². The topological polar surface area (TPSA) is 75.6 Å². The number of nitriles is 1. The molecule has 5 heteroatoms. The van der Waals surface area contributed by atoms with Gasteiger partial charge >= 0.3 is 0 Å². The highest BCUT2D eigenvalue weighted by Crippen LogP contribution is 2.22. The number of anilines is 1. The van der Waals surface area contributed by atoms with Crippen LogP contribution < -0.4 is 5.73 Å². The van der Waals surface area contributed by atoms with Gasteiger partial charge in [0.1, 0.15) is 17.3 Å². The van der Waals surface area contributed by atoms with Crippen molar-refractivity contribution in [3.63, 3.8) is 0 Å². The largest absolute Gasteiger partial charge is 0.375 e. The number of thiazole rings is 1. The minimum atomic E-state index is 0.395. The molecule has 58 valence electrons. The lowest BCUT2D eigenvalue weighted by atomic mass is 10.4. The van der Waals surface area contributed by atoms with Crippen molar-refractivity contribution in [2.24, 2.45) is 0 Å². The second-order valence-electron chi connectivity index (χ2n) is 2.20. The van der Waals surface area contributed by atoms with E-state index in [4.69, 9.17) is 11.0 Å². The van der Waals surface area contributed by atoms with Gasteiger partial charge in [0, 0.05) is 0 Å². The molecule has 0 bridgehead atoms. The lowest BCUT2D eigenvalue weighted by molar-refractivity contribution is 1.28. The number of fused-ring (bicyclic) bond motifs is 1. The third-order valence-electron chi connectivity index (χ3n) is 1.41. The number of hydrogen-bond donors (Lipinski definition) is 1. The van der Waals surface area contributed by atoms with Gasteiger partial charge in [0.05, 0.1) is 10.9 Å². The lowest BCUT2D eigenvalue weighted by Gasteiger charge is -1.85. The van der Waals surface area contributed by atoms with Crippen molar-refractivity contribution >= 4 is 26.7 Å². The Balaban J connectivity index is 2.77. The first-order valence-corrected chi connectivity index (χ1v) is 4.03. The maximum absolute atomic E-state index is 8.54. The first-order valence-electron chi connectivity index (χ1n) is 3.22. The molecule has 0 atom stereocenters. The maximum atomic E-state index is 8.54. The Morgan fingerprint density at radius 2 is 2.42 bits per heavy atom. The lowest BCUT2D eigenvalue weighted by Crippen LogP contribution is -1.81. The molecule has 0 aliphatic carbocycles. The first-order chi connectivity index (χ1) is 5.79. The highest BCUT2D eigenvalue weighted by Gasteiger charge is 2.01. The molecular formula is C7H4N4S. The van der Waals surface area contributed by atoms with E-state index >= 15 is 0 Å². The zero-order valence-electron chi connectivity index (χ0n) is 5.98. The van der Waals surface area contributed by atoms with Crippen LogP contribution in [0.5, 0.6) is 0 Å². The average Bonchev–Trinajstić information content (AvgIpc) is 2.43. The minimum Gasteiger partial charge on any atom is -0.375 e. The molecule has 0 saturated heterocycles. The van der Waals surface area contributed by atoms with Crippen molar-refractivity contribution in [3.8, 4) is 6.07 Å². The summed E-state index contributed by atoms with van der Waals surface area (Å²) in [6, 6.07) is 3.64. The fraction of sp³-hybridized carbons (Fsp3) is 0. The van der Waals surface area contributed by atoms with Gasteiger partial charge in [-0.25, -0.2) is 9.97 Å². The van der Waals surface area contributed by atoms with E-state index in [0.717, 1.165) is 10.2 Å². The van der Waals surface area contributed by atoms with E-state index in [-0.39, 0.29) is 0 Å². The molecular weight excluding hydrogens is 172 g/mol. The number of pyridine rings is 1. The minimum absolute atomic E-state index is 0.395. The van der Waals surface area contributed by atoms with Gasteiger partial charge in [0.15, 0.2) is 5.13 Å². The summed E-state index contributed by atoms with van der Waals surface area (Å²) < 4.78 is 0.902. The first kappa shape index (κ1) is 7.00. The number of hydrogen-bond acceptors (Lipinski definition) is 5. The molecule has 0 saturated carbocycles. The molecule has 0 amide bonds. The molecule has 0 aromatic carbocycles. The van der Waals surface area contributed by atoms with Gasteiger partial charge < -0.3 is 5.73 Å². The molecule has 12 heavy (non-hydrogen) atoms. The summed E-state index contributed by atoms with van der Waals surface area (Å²) in [5.41, 5.74) is 6.62. The van der Waals surface area contributed by atoms with Crippen molar-refractivity contribution in [1.29, 1.82) is 5.26 Å². The molecule has 2 N–H and O–H groups in total. The van der Waals surface area contributed by atoms with Crippen LogP contribution in [0.2, 0.25) is 0 Å². The fourth-order valence-corrected chi connectivity index (χ4v) is 1.65. The van der Waals surface area contributed by atoms with Crippen LogP contribution in [0.25, 0.3) is 10.2 Å². The molecule has 2 aromatic rings. The highest BCUT2D eigenvalue weighted by molar-refractivity contribution is 7.22. The van der Waals surface area contributed by atoms with Crippen LogP contribution in [0.1, 0.15) is 5.69 Å². The molecule has 4 nitrogen and oxygen atoms in total. The number of aromatic nitrogens is 2. The number of nitrogen functional groups attached to an aromatic ring is 1. The highest BCUT2D eigenvalue weighted by atomic mass is 32.1. The number of rotatable bonds is 0. The fourth-order valence-electron chi connectivity index (χ4n) is 0.911. The predicted molar refractivity (Wildman–Crippen MR) is 46.5 cm³/mol. The van der Waals surface area contributed by atoms with Crippen LogP contribution in [0, 0.1) is 11.3 Å². The summed E-state index contributed by atoms with van der Waals surface area (Å²) in [6.07, 6.45) is 1.56. The number of nitrogens with two attached hydrogens (primary N) is 1. The number of nitrogens with zero attached hydrogens (tertiary/aromatic N) is 3. The normalized spacial score (nSPS) is 9.92. The Kier molecular flexibility index (Phi) is 1.42. The van der Waals surface area contributed by atoms with Gasteiger partial charge in [-0.05, 0) is 6.07 Å². The van der Waals surface area contributed by atoms with Gasteiger partial charge in [-0.15, -0.1) is 0 Å². The van der Waals surface area contributed by atoms with Gasteiger partial charge in [-0.3, -0.25) is 0 Å². The van der Waals surface area contributed by atoms with E-state index in [1.165, 1.54) is 11.3 Å². The zero-order valence-corrected chi connectivity index (χ0v) is 6.80. The van der Waals surface area contributed by atoms with E-state index < -0.39 is 0 Å². The van der Waals surface area contributed by atoms with Crippen molar-refractivity contribution in [3.05, 3.63) is 18.0 Å². The van der Waals surface area contributed by atoms with Crippen LogP contribution in [-0.2, 0) is 0 Å². The van der Waals surface area contributed by atoms with Crippen molar-refractivity contribution in [1.82, 2.24) is 9.97 Å². The Labute approximate surface area is 72.3 Å². The van der Waals surface area contributed by atoms with Crippen molar-refractivity contribution < 1.29 is 0 Å². The molecule has 2 heterocycles. The van der Waals surface area contributed by atoms with E-state index in [9.17, 15) is 0 Å². The molecule has 0 unspecified atom stereocenters. The third kappa shape index (κ3) is 0.984. The van der Waals surface area contributed by atoms with Crippen LogP contribution in [0.4, 0.5) is 5.13 Å². The van der Waals surface area contributed by atoms with Crippen LogP contribution in [0.15, 0.2) is 12.3 Å². The summed E-state index contributed by atoms with van der Waals surface area (Å²) in [5.74, 6) is 0. The molecule has 0 spiro atoms. The SMILES string of the molecule is N#Cc1cc2sc(N)nc2cn1. The third-order valence-corrected chi connectivity index (χ3v) is 2.25. The van der Waals surface area contributed by atoms with Crippen LogP contribution in [-0.4, -0.2) is 9.97 Å². The molecule has 2 aromatic heterocycles. The molecule has 2 rings (SSSR count). The Bertz CT molecular complexity index is 468. The predicted octanol–water partition coefficient (Wildman–Crippen LogP) is 1.15. The molecule has 0 radical (unpaired) electrons. The Morgan fingerprint density at radius 1 is 1.58 bits per heavy atom. The van der Waals surface area contributed by atoms with E-state index in [0.29, 0.717) is 10.8 Å². The maximum Gasteiger partial charge on any atom is 0.181 e. The zero-order chi connectivity index (χ0) is 8.55. The van der Waals surface area contributed by atoms with Crippen molar-refractivity contribution in [2.75, 3.05) is 5.73 Å². The van der Waals surface area contributed by atoms with Gasteiger partial charge in [-0.2, -0.15) is 5.26 Å². The van der Waals surface area contributed by atoms with Gasteiger partial charge in [0.25, 0.3) is 0 Å².